The zero-order valence-corrected chi connectivity index (χ0v) is 16.1. The van der Waals surface area contributed by atoms with Crippen LogP contribution in [-0.2, 0) is 23.7 Å². The van der Waals surface area contributed by atoms with Crippen molar-refractivity contribution >= 4 is 46.7 Å². The normalized spacial score (nSPS) is 23.6. The Bertz CT molecular complexity index is 648. The standard InChI is InChI=1S/C17H18Cl3NO5/c1-2-23-14(22)9-8-12-13(26-16(21)17(18,19)20)10-24-15(25-12)11-6-4-3-5-7-11/h3-9,12-13,15,21H,2,10H2,1H3/b9-8-,21-16?/t12-,13+,15+/m0/s1. The second-order valence-corrected chi connectivity index (χ2v) is 7.55. The Hall–Kier alpha value is -1.31. The Kier molecular flexibility index (Phi) is 7.73. The van der Waals surface area contributed by atoms with Crippen LogP contribution in [0, 0.1) is 5.41 Å². The van der Waals surface area contributed by atoms with Crippen molar-refractivity contribution in [2.45, 2.75) is 29.2 Å². The first-order valence-electron chi connectivity index (χ1n) is 7.80. The zero-order valence-electron chi connectivity index (χ0n) is 13.9. The summed E-state index contributed by atoms with van der Waals surface area (Å²) in [5.74, 6) is -1.08. The molecule has 0 spiro atoms. The third-order valence-electron chi connectivity index (χ3n) is 3.37. The highest BCUT2D eigenvalue weighted by Gasteiger charge is 2.37. The molecule has 1 heterocycles. The topological polar surface area (TPSA) is 77.8 Å². The van der Waals surface area contributed by atoms with Gasteiger partial charge in [-0.15, -0.1) is 0 Å². The van der Waals surface area contributed by atoms with Crippen molar-refractivity contribution in [2.75, 3.05) is 13.2 Å². The fraction of sp³-hybridized carbons (Fsp3) is 0.412. The number of benzene rings is 1. The number of halogens is 3. The summed E-state index contributed by atoms with van der Waals surface area (Å²) in [6, 6.07) is 9.28. The third kappa shape index (κ3) is 6.14. The Labute approximate surface area is 166 Å². The molecule has 1 N–H and O–H groups in total. The van der Waals surface area contributed by atoms with E-state index in [9.17, 15) is 4.79 Å². The highest BCUT2D eigenvalue weighted by Crippen LogP contribution is 2.32. The maximum absolute atomic E-state index is 11.6. The molecule has 1 aromatic rings. The number of alkyl halides is 3. The fourth-order valence-electron chi connectivity index (χ4n) is 2.18. The van der Waals surface area contributed by atoms with E-state index in [1.165, 1.54) is 12.2 Å². The summed E-state index contributed by atoms with van der Waals surface area (Å²) in [6.07, 6.45) is 0.563. The van der Waals surface area contributed by atoms with Crippen molar-refractivity contribution in [3.8, 4) is 0 Å². The van der Waals surface area contributed by atoms with E-state index in [1.807, 2.05) is 30.3 Å². The van der Waals surface area contributed by atoms with Gasteiger partial charge in [-0.25, -0.2) is 4.79 Å². The number of rotatable bonds is 5. The summed E-state index contributed by atoms with van der Waals surface area (Å²) in [4.78, 5) is 11.6. The molecule has 0 unspecified atom stereocenters. The Balaban J connectivity index is 2.13. The van der Waals surface area contributed by atoms with Gasteiger partial charge in [0.1, 0.15) is 6.10 Å². The molecule has 0 bridgehead atoms. The van der Waals surface area contributed by atoms with E-state index in [0.717, 1.165) is 5.56 Å². The van der Waals surface area contributed by atoms with Gasteiger partial charge in [0.05, 0.1) is 13.2 Å². The number of ether oxygens (including phenoxy) is 4. The van der Waals surface area contributed by atoms with E-state index in [1.54, 1.807) is 6.92 Å². The lowest BCUT2D eigenvalue weighted by Gasteiger charge is -2.35. The third-order valence-corrected chi connectivity index (χ3v) is 3.88. The average Bonchev–Trinajstić information content (AvgIpc) is 2.61. The molecule has 9 heteroatoms. The van der Waals surface area contributed by atoms with E-state index in [0.29, 0.717) is 0 Å². The molecule has 1 aromatic carbocycles. The van der Waals surface area contributed by atoms with Gasteiger partial charge in [-0.3, -0.25) is 5.41 Å². The van der Waals surface area contributed by atoms with Crippen LogP contribution in [-0.4, -0.2) is 41.1 Å². The maximum atomic E-state index is 11.6. The lowest BCUT2D eigenvalue weighted by Crippen LogP contribution is -2.44. The van der Waals surface area contributed by atoms with Crippen LogP contribution in [0.15, 0.2) is 42.5 Å². The van der Waals surface area contributed by atoms with Crippen LogP contribution in [0.2, 0.25) is 0 Å². The van der Waals surface area contributed by atoms with Gasteiger partial charge in [0.15, 0.2) is 12.4 Å². The van der Waals surface area contributed by atoms with Crippen LogP contribution < -0.4 is 0 Å². The molecular formula is C17H18Cl3NO5. The predicted octanol–water partition coefficient (Wildman–Crippen LogP) is 3.95. The Morgan fingerprint density at radius 3 is 2.65 bits per heavy atom. The van der Waals surface area contributed by atoms with Crippen LogP contribution in [0.4, 0.5) is 0 Å². The lowest BCUT2D eigenvalue weighted by molar-refractivity contribution is -0.241. The zero-order chi connectivity index (χ0) is 19.2. The van der Waals surface area contributed by atoms with Crippen molar-refractivity contribution in [3.05, 3.63) is 48.0 Å². The van der Waals surface area contributed by atoms with Crippen LogP contribution >= 0.6 is 34.8 Å². The molecular weight excluding hydrogens is 405 g/mol. The first-order valence-corrected chi connectivity index (χ1v) is 8.94. The molecule has 142 valence electrons. The van der Waals surface area contributed by atoms with Gasteiger partial charge in [0, 0.05) is 11.6 Å². The van der Waals surface area contributed by atoms with E-state index in [-0.39, 0.29) is 13.2 Å². The predicted molar refractivity (Wildman–Crippen MR) is 98.7 cm³/mol. The van der Waals surface area contributed by atoms with E-state index >= 15 is 0 Å². The molecule has 3 atom stereocenters. The molecule has 0 aromatic heterocycles. The summed E-state index contributed by atoms with van der Waals surface area (Å²) >= 11 is 17.0. The maximum Gasteiger partial charge on any atom is 0.330 e. The highest BCUT2D eigenvalue weighted by atomic mass is 35.6. The molecule has 1 aliphatic heterocycles. The average molecular weight is 423 g/mol. The number of nitrogens with one attached hydrogen (secondary N) is 1. The number of carbonyl (C=O) groups excluding carboxylic acids is 1. The summed E-state index contributed by atoms with van der Waals surface area (Å²) in [6.45, 7) is 2.03. The monoisotopic (exact) mass is 421 g/mol. The minimum Gasteiger partial charge on any atom is -0.469 e. The van der Waals surface area contributed by atoms with Crippen LogP contribution in [0.3, 0.4) is 0 Å². The van der Waals surface area contributed by atoms with Gasteiger partial charge >= 0.3 is 5.97 Å². The first kappa shape index (κ1) is 21.0. The van der Waals surface area contributed by atoms with Crippen LogP contribution in [0.5, 0.6) is 0 Å². The van der Waals surface area contributed by atoms with E-state index < -0.39 is 34.2 Å². The molecule has 1 fully saturated rings. The number of hydrogen-bond donors (Lipinski definition) is 1. The molecule has 0 radical (unpaired) electrons. The van der Waals surface area contributed by atoms with E-state index in [4.69, 9.17) is 59.2 Å². The van der Waals surface area contributed by atoms with Gasteiger partial charge in [0.25, 0.3) is 3.79 Å². The van der Waals surface area contributed by atoms with Crippen LogP contribution in [0.25, 0.3) is 0 Å². The second-order valence-electron chi connectivity index (χ2n) is 5.27. The molecule has 0 aliphatic carbocycles. The quantitative estimate of drug-likeness (QED) is 0.255. The molecule has 0 saturated carbocycles. The molecule has 6 nitrogen and oxygen atoms in total. The number of carbonyl (C=O) groups is 1. The number of hydrogen-bond acceptors (Lipinski definition) is 6. The summed E-state index contributed by atoms with van der Waals surface area (Å²) in [5.41, 5.74) is 0.803. The number of esters is 1. The second kappa shape index (κ2) is 9.58. The minimum absolute atomic E-state index is 0.0700. The molecule has 0 amide bonds. The largest absolute Gasteiger partial charge is 0.469 e. The SMILES string of the molecule is CCOC(=O)/C=C\[C@@H]1O[C@H](c2ccccc2)OC[C@H]1OC(=N)C(Cl)(Cl)Cl. The minimum atomic E-state index is -2.01. The molecule has 2 rings (SSSR count). The van der Waals surface area contributed by atoms with Crippen molar-refractivity contribution in [1.82, 2.24) is 0 Å². The Morgan fingerprint density at radius 1 is 1.35 bits per heavy atom. The van der Waals surface area contributed by atoms with Gasteiger partial charge < -0.3 is 18.9 Å². The van der Waals surface area contributed by atoms with Gasteiger partial charge in [-0.1, -0.05) is 65.1 Å². The smallest absolute Gasteiger partial charge is 0.330 e. The van der Waals surface area contributed by atoms with Gasteiger partial charge in [-0.2, -0.15) is 0 Å². The molecule has 26 heavy (non-hydrogen) atoms. The summed E-state index contributed by atoms with van der Waals surface area (Å²) in [7, 11) is 0. The highest BCUT2D eigenvalue weighted by molar-refractivity contribution is 6.76. The van der Waals surface area contributed by atoms with Crippen molar-refractivity contribution in [3.63, 3.8) is 0 Å². The van der Waals surface area contributed by atoms with E-state index in [2.05, 4.69) is 0 Å². The summed E-state index contributed by atoms with van der Waals surface area (Å²) < 4.78 is 19.7. The van der Waals surface area contributed by atoms with Crippen molar-refractivity contribution < 1.29 is 23.7 Å². The molecule has 1 saturated heterocycles. The van der Waals surface area contributed by atoms with Gasteiger partial charge in [0.2, 0.25) is 5.90 Å². The molecule has 1 aliphatic rings. The van der Waals surface area contributed by atoms with Crippen LogP contribution in [0.1, 0.15) is 18.8 Å². The fourth-order valence-corrected chi connectivity index (χ4v) is 2.32. The lowest BCUT2D eigenvalue weighted by atomic mass is 10.1. The van der Waals surface area contributed by atoms with Gasteiger partial charge in [-0.05, 0) is 13.0 Å². The summed E-state index contributed by atoms with van der Waals surface area (Å²) in [5, 5.41) is 7.72. The first-order chi connectivity index (χ1) is 12.3. The Morgan fingerprint density at radius 2 is 2.04 bits per heavy atom. The van der Waals surface area contributed by atoms with Crippen molar-refractivity contribution in [1.29, 1.82) is 5.41 Å². The van der Waals surface area contributed by atoms with Crippen molar-refractivity contribution in [2.24, 2.45) is 0 Å².